The van der Waals surface area contributed by atoms with E-state index in [0.717, 1.165) is 0 Å². The zero-order valence-corrected chi connectivity index (χ0v) is 9.27. The quantitative estimate of drug-likeness (QED) is 0.579. The van der Waals surface area contributed by atoms with Crippen LogP contribution in [0.1, 0.15) is 12.1 Å². The van der Waals surface area contributed by atoms with Crippen LogP contribution in [0.5, 0.6) is 0 Å². The second-order valence-corrected chi connectivity index (χ2v) is 3.59. The van der Waals surface area contributed by atoms with Crippen LogP contribution in [0.4, 0.5) is 0 Å². The second-order valence-electron chi connectivity index (χ2n) is 3.20. The average molecular weight is 241 g/mol. The number of halogens is 1. The van der Waals surface area contributed by atoms with Crippen LogP contribution < -0.4 is 0 Å². The summed E-state index contributed by atoms with van der Waals surface area (Å²) in [5.41, 5.74) is 1.21. The normalized spacial score (nSPS) is 18.9. The maximum Gasteiger partial charge on any atom is 0.350 e. The number of pyridine rings is 1. The minimum atomic E-state index is -0.680. The molecule has 0 spiro atoms. The van der Waals surface area contributed by atoms with Crippen molar-refractivity contribution < 1.29 is 14.4 Å². The molecule has 1 aliphatic heterocycles. The third kappa shape index (κ3) is 2.14. The van der Waals surface area contributed by atoms with E-state index in [-0.39, 0.29) is 0 Å². The van der Waals surface area contributed by atoms with Crippen molar-refractivity contribution in [1.29, 1.82) is 0 Å². The van der Waals surface area contributed by atoms with Crippen LogP contribution in [0.2, 0.25) is 5.15 Å². The fourth-order valence-corrected chi connectivity index (χ4v) is 1.52. The van der Waals surface area contributed by atoms with Crippen molar-refractivity contribution in [2.24, 2.45) is 5.16 Å². The minimum Gasteiger partial charge on any atom is -0.466 e. The Hall–Kier alpha value is -1.62. The molecule has 0 saturated carbocycles. The molecule has 1 unspecified atom stereocenters. The molecule has 5 nitrogen and oxygen atoms in total. The van der Waals surface area contributed by atoms with Crippen molar-refractivity contribution in [3.63, 3.8) is 0 Å². The number of ether oxygens (including phenoxy) is 1. The van der Waals surface area contributed by atoms with Crippen molar-refractivity contribution in [2.75, 3.05) is 7.11 Å². The Morgan fingerprint density at radius 2 is 2.44 bits per heavy atom. The lowest BCUT2D eigenvalue weighted by Gasteiger charge is -2.03. The first-order valence-electron chi connectivity index (χ1n) is 4.64. The van der Waals surface area contributed by atoms with Gasteiger partial charge in [-0.3, -0.25) is 0 Å². The van der Waals surface area contributed by atoms with Gasteiger partial charge in [-0.1, -0.05) is 22.8 Å². The zero-order valence-electron chi connectivity index (χ0n) is 8.51. The van der Waals surface area contributed by atoms with Crippen molar-refractivity contribution in [3.8, 4) is 0 Å². The van der Waals surface area contributed by atoms with E-state index in [0.29, 0.717) is 23.0 Å². The molecule has 6 heteroatoms. The maximum absolute atomic E-state index is 11.2. The van der Waals surface area contributed by atoms with Gasteiger partial charge in [0, 0.05) is 6.42 Å². The molecule has 0 aliphatic carbocycles. The smallest absolute Gasteiger partial charge is 0.350 e. The van der Waals surface area contributed by atoms with Crippen LogP contribution in [0.3, 0.4) is 0 Å². The number of oxime groups is 1. The van der Waals surface area contributed by atoms with Crippen LogP contribution in [-0.4, -0.2) is 29.9 Å². The molecule has 16 heavy (non-hydrogen) atoms. The molecule has 0 fully saturated rings. The first-order valence-corrected chi connectivity index (χ1v) is 5.02. The van der Waals surface area contributed by atoms with Gasteiger partial charge in [-0.05, 0) is 12.1 Å². The first kappa shape index (κ1) is 10.9. The molecule has 1 aromatic rings. The summed E-state index contributed by atoms with van der Waals surface area (Å²) < 4.78 is 4.56. The molecule has 2 rings (SSSR count). The fourth-order valence-electron chi connectivity index (χ4n) is 1.36. The molecule has 1 aliphatic rings. The standard InChI is InChI=1S/C10H9ClN2O3/c1-15-10(14)8-5-7(13-16-8)6-3-2-4-9(11)12-6/h2-4,8H,5H2,1H3. The number of hydrogen-bond acceptors (Lipinski definition) is 5. The predicted octanol–water partition coefficient (Wildman–Crippen LogP) is 1.40. The van der Waals surface area contributed by atoms with Gasteiger partial charge < -0.3 is 9.57 Å². The van der Waals surface area contributed by atoms with Gasteiger partial charge in [0.05, 0.1) is 12.8 Å². The third-order valence-electron chi connectivity index (χ3n) is 2.14. The van der Waals surface area contributed by atoms with Gasteiger partial charge in [0.1, 0.15) is 10.9 Å². The van der Waals surface area contributed by atoms with Crippen LogP contribution >= 0.6 is 11.6 Å². The van der Waals surface area contributed by atoms with Crippen LogP contribution in [0.25, 0.3) is 0 Å². The number of hydrogen-bond donors (Lipinski definition) is 0. The fraction of sp³-hybridized carbons (Fsp3) is 0.300. The first-order chi connectivity index (χ1) is 7.70. The summed E-state index contributed by atoms with van der Waals surface area (Å²) in [7, 11) is 1.31. The number of rotatable bonds is 2. The van der Waals surface area contributed by atoms with Gasteiger partial charge in [0.2, 0.25) is 6.10 Å². The Morgan fingerprint density at radius 1 is 1.62 bits per heavy atom. The summed E-state index contributed by atoms with van der Waals surface area (Å²) in [5, 5.41) is 4.17. The van der Waals surface area contributed by atoms with Crippen LogP contribution in [0.15, 0.2) is 23.4 Å². The monoisotopic (exact) mass is 240 g/mol. The van der Waals surface area contributed by atoms with Gasteiger partial charge in [0.15, 0.2) is 0 Å². The van der Waals surface area contributed by atoms with Crippen molar-refractivity contribution >= 4 is 23.3 Å². The molecule has 0 radical (unpaired) electrons. The van der Waals surface area contributed by atoms with Crippen LogP contribution in [-0.2, 0) is 14.4 Å². The lowest BCUT2D eigenvalue weighted by Crippen LogP contribution is -2.22. The van der Waals surface area contributed by atoms with Crippen molar-refractivity contribution in [1.82, 2.24) is 4.98 Å². The lowest BCUT2D eigenvalue weighted by molar-refractivity contribution is -0.152. The van der Waals surface area contributed by atoms with E-state index < -0.39 is 12.1 Å². The maximum atomic E-state index is 11.2. The second kappa shape index (κ2) is 4.49. The van der Waals surface area contributed by atoms with Crippen molar-refractivity contribution in [3.05, 3.63) is 29.0 Å². The SMILES string of the molecule is COC(=O)C1CC(c2cccc(Cl)n2)=NO1. The molecular formula is C10H9ClN2O3. The summed E-state index contributed by atoms with van der Waals surface area (Å²) in [6, 6.07) is 5.19. The Bertz CT molecular complexity index is 447. The number of carbonyl (C=O) groups excluding carboxylic acids is 1. The highest BCUT2D eigenvalue weighted by atomic mass is 35.5. The largest absolute Gasteiger partial charge is 0.466 e. The molecule has 2 heterocycles. The molecular weight excluding hydrogens is 232 g/mol. The molecule has 1 atom stereocenters. The highest BCUT2D eigenvalue weighted by molar-refractivity contribution is 6.29. The Labute approximate surface area is 97.0 Å². The van der Waals surface area contributed by atoms with E-state index in [1.165, 1.54) is 7.11 Å². The van der Waals surface area contributed by atoms with E-state index in [2.05, 4.69) is 14.9 Å². The van der Waals surface area contributed by atoms with Gasteiger partial charge in [-0.25, -0.2) is 9.78 Å². The number of methoxy groups -OCH3 is 1. The number of aromatic nitrogens is 1. The highest BCUT2D eigenvalue weighted by Crippen LogP contribution is 2.17. The summed E-state index contributed by atoms with van der Waals surface area (Å²) in [6.07, 6.45) is -0.333. The van der Waals surface area contributed by atoms with E-state index in [9.17, 15) is 4.79 Å². The van der Waals surface area contributed by atoms with Crippen LogP contribution in [0, 0.1) is 0 Å². The predicted molar refractivity (Wildman–Crippen MR) is 57.3 cm³/mol. The van der Waals surface area contributed by atoms with Crippen molar-refractivity contribution in [2.45, 2.75) is 12.5 Å². The molecule has 0 saturated heterocycles. The Kier molecular flexibility index (Phi) is 3.05. The summed E-state index contributed by atoms with van der Waals surface area (Å²) in [5.74, 6) is -0.444. The lowest BCUT2D eigenvalue weighted by atomic mass is 10.1. The Morgan fingerprint density at radius 3 is 3.12 bits per heavy atom. The number of carbonyl (C=O) groups is 1. The Balaban J connectivity index is 2.12. The summed E-state index contributed by atoms with van der Waals surface area (Å²) in [4.78, 5) is 20.2. The molecule has 84 valence electrons. The highest BCUT2D eigenvalue weighted by Gasteiger charge is 2.30. The molecule has 0 aromatic carbocycles. The van der Waals surface area contributed by atoms with Gasteiger partial charge in [-0.2, -0.15) is 0 Å². The molecule has 0 N–H and O–H groups in total. The zero-order chi connectivity index (χ0) is 11.5. The number of nitrogens with zero attached hydrogens (tertiary/aromatic N) is 2. The molecule has 0 bridgehead atoms. The summed E-state index contributed by atoms with van der Waals surface area (Å²) in [6.45, 7) is 0. The topological polar surface area (TPSA) is 60.8 Å². The van der Waals surface area contributed by atoms with E-state index >= 15 is 0 Å². The van der Waals surface area contributed by atoms with Gasteiger partial charge >= 0.3 is 5.97 Å². The number of esters is 1. The van der Waals surface area contributed by atoms with Gasteiger partial charge in [0.25, 0.3) is 0 Å². The minimum absolute atomic E-state index is 0.347. The van der Waals surface area contributed by atoms with E-state index in [1.54, 1.807) is 18.2 Å². The van der Waals surface area contributed by atoms with Gasteiger partial charge in [-0.15, -0.1) is 0 Å². The third-order valence-corrected chi connectivity index (χ3v) is 2.35. The average Bonchev–Trinajstić information content (AvgIpc) is 2.77. The summed E-state index contributed by atoms with van der Waals surface area (Å²) >= 11 is 5.75. The molecule has 1 aromatic heterocycles. The van der Waals surface area contributed by atoms with E-state index in [1.807, 2.05) is 0 Å². The molecule has 0 amide bonds. The van der Waals surface area contributed by atoms with E-state index in [4.69, 9.17) is 16.4 Å².